The zero-order chi connectivity index (χ0) is 13.0. The number of nitriles is 1. The van der Waals surface area contributed by atoms with Gasteiger partial charge in [0.15, 0.2) is 0 Å². The van der Waals surface area contributed by atoms with Gasteiger partial charge in [-0.2, -0.15) is 5.26 Å². The van der Waals surface area contributed by atoms with Crippen LogP contribution in [0, 0.1) is 18.3 Å². The summed E-state index contributed by atoms with van der Waals surface area (Å²) in [6.07, 6.45) is 0. The number of thiazole rings is 1. The van der Waals surface area contributed by atoms with E-state index in [-0.39, 0.29) is 0 Å². The summed E-state index contributed by atoms with van der Waals surface area (Å²) in [6, 6.07) is 7.40. The van der Waals surface area contributed by atoms with E-state index >= 15 is 0 Å². The molecule has 1 N–H and O–H groups in total. The summed E-state index contributed by atoms with van der Waals surface area (Å²) in [5.41, 5.74) is 2.62. The second kappa shape index (κ2) is 5.96. The predicted molar refractivity (Wildman–Crippen MR) is 73.6 cm³/mol. The lowest BCUT2D eigenvalue weighted by Crippen LogP contribution is -2.12. The van der Waals surface area contributed by atoms with Crippen LogP contribution in [0.3, 0.4) is 0 Å². The van der Waals surface area contributed by atoms with Crippen molar-refractivity contribution in [1.82, 2.24) is 10.3 Å². The van der Waals surface area contributed by atoms with Gasteiger partial charge in [0.05, 0.1) is 11.6 Å². The molecule has 3 nitrogen and oxygen atoms in total. The topological polar surface area (TPSA) is 48.7 Å². The van der Waals surface area contributed by atoms with Gasteiger partial charge in [-0.15, -0.1) is 11.3 Å². The van der Waals surface area contributed by atoms with E-state index in [0.29, 0.717) is 17.1 Å². The van der Waals surface area contributed by atoms with E-state index in [0.717, 1.165) is 22.8 Å². The van der Waals surface area contributed by atoms with E-state index in [4.69, 9.17) is 16.9 Å². The minimum Gasteiger partial charge on any atom is -0.306 e. The highest BCUT2D eigenvalue weighted by Gasteiger charge is 2.03. The number of nitrogens with one attached hydrogen (secondary N) is 1. The Morgan fingerprint density at radius 1 is 1.44 bits per heavy atom. The van der Waals surface area contributed by atoms with Crippen LogP contribution in [0.5, 0.6) is 0 Å². The summed E-state index contributed by atoms with van der Waals surface area (Å²) < 4.78 is 0. The second-order valence-electron chi connectivity index (χ2n) is 3.90. The molecule has 0 saturated carbocycles. The number of rotatable bonds is 4. The van der Waals surface area contributed by atoms with E-state index in [1.807, 2.05) is 18.4 Å². The van der Waals surface area contributed by atoms with Crippen LogP contribution >= 0.6 is 22.9 Å². The first-order valence-corrected chi connectivity index (χ1v) is 6.75. The van der Waals surface area contributed by atoms with Crippen LogP contribution in [0.4, 0.5) is 0 Å². The minimum atomic E-state index is 0.583. The van der Waals surface area contributed by atoms with Crippen molar-refractivity contribution in [2.45, 2.75) is 20.0 Å². The molecule has 0 unspecified atom stereocenters. The highest BCUT2D eigenvalue weighted by Crippen LogP contribution is 2.17. The zero-order valence-corrected chi connectivity index (χ0v) is 11.5. The van der Waals surface area contributed by atoms with Crippen molar-refractivity contribution in [3.8, 4) is 6.07 Å². The van der Waals surface area contributed by atoms with Gasteiger partial charge in [-0.05, 0) is 24.6 Å². The Morgan fingerprint density at radius 2 is 2.28 bits per heavy atom. The number of hydrogen-bond acceptors (Lipinski definition) is 4. The van der Waals surface area contributed by atoms with Crippen molar-refractivity contribution >= 4 is 22.9 Å². The number of halogens is 1. The molecule has 0 saturated heterocycles. The maximum Gasteiger partial charge on any atom is 0.107 e. The maximum absolute atomic E-state index is 8.75. The van der Waals surface area contributed by atoms with Gasteiger partial charge < -0.3 is 5.32 Å². The third kappa shape index (κ3) is 3.30. The number of hydrogen-bond donors (Lipinski definition) is 1. The lowest BCUT2D eigenvalue weighted by atomic mass is 10.1. The fraction of sp³-hybridized carbons (Fsp3) is 0.231. The molecule has 0 aliphatic heterocycles. The smallest absolute Gasteiger partial charge is 0.107 e. The maximum atomic E-state index is 8.75. The number of benzene rings is 1. The molecule has 0 bridgehead atoms. The standard InChI is InChI=1S/C13H12ClN3S/c1-9-8-18-13(17-9)7-16-6-11-3-2-10(5-15)4-12(11)14/h2-4,8,16H,6-7H2,1H3. The van der Waals surface area contributed by atoms with Gasteiger partial charge in [0, 0.05) is 29.2 Å². The monoisotopic (exact) mass is 277 g/mol. The fourth-order valence-corrected chi connectivity index (χ4v) is 2.54. The summed E-state index contributed by atoms with van der Waals surface area (Å²) in [5, 5.41) is 15.8. The summed E-state index contributed by atoms with van der Waals surface area (Å²) >= 11 is 7.74. The molecule has 2 rings (SSSR count). The van der Waals surface area contributed by atoms with Gasteiger partial charge in [-0.25, -0.2) is 4.98 Å². The number of aromatic nitrogens is 1. The Kier molecular flexibility index (Phi) is 4.32. The molecule has 2 aromatic rings. The average molecular weight is 278 g/mol. The van der Waals surface area contributed by atoms with Crippen molar-refractivity contribution in [3.05, 3.63) is 50.4 Å². The van der Waals surface area contributed by atoms with Crippen LogP contribution in [0.25, 0.3) is 0 Å². The summed E-state index contributed by atoms with van der Waals surface area (Å²) in [5.74, 6) is 0. The zero-order valence-electron chi connectivity index (χ0n) is 9.90. The van der Waals surface area contributed by atoms with E-state index in [1.54, 1.807) is 23.5 Å². The molecule has 0 amide bonds. The van der Waals surface area contributed by atoms with Crippen molar-refractivity contribution in [2.24, 2.45) is 0 Å². The highest BCUT2D eigenvalue weighted by atomic mass is 35.5. The van der Waals surface area contributed by atoms with Crippen molar-refractivity contribution in [2.75, 3.05) is 0 Å². The normalized spacial score (nSPS) is 10.3. The number of nitrogens with zero attached hydrogens (tertiary/aromatic N) is 2. The molecule has 0 aliphatic rings. The van der Waals surface area contributed by atoms with E-state index in [1.165, 1.54) is 0 Å². The first-order valence-electron chi connectivity index (χ1n) is 5.49. The van der Waals surface area contributed by atoms with Gasteiger partial charge in [-0.1, -0.05) is 17.7 Å². The molecule has 1 heterocycles. The molecule has 0 radical (unpaired) electrons. The number of aryl methyl sites for hydroxylation is 1. The fourth-order valence-electron chi connectivity index (χ4n) is 1.55. The molecule has 1 aromatic heterocycles. The Labute approximate surface area is 115 Å². The Bertz CT molecular complexity index is 586. The molecule has 18 heavy (non-hydrogen) atoms. The first-order chi connectivity index (χ1) is 8.69. The van der Waals surface area contributed by atoms with Gasteiger partial charge in [0.25, 0.3) is 0 Å². The second-order valence-corrected chi connectivity index (χ2v) is 5.25. The van der Waals surface area contributed by atoms with Crippen molar-refractivity contribution < 1.29 is 0 Å². The summed E-state index contributed by atoms with van der Waals surface area (Å²) in [6.45, 7) is 3.38. The largest absolute Gasteiger partial charge is 0.306 e. The lowest BCUT2D eigenvalue weighted by Gasteiger charge is -2.05. The van der Waals surface area contributed by atoms with Crippen LogP contribution in [0.1, 0.15) is 21.8 Å². The quantitative estimate of drug-likeness (QED) is 0.933. The summed E-state index contributed by atoms with van der Waals surface area (Å²) in [4.78, 5) is 4.37. The first kappa shape index (κ1) is 13.0. The molecule has 0 atom stereocenters. The Balaban J connectivity index is 1.92. The van der Waals surface area contributed by atoms with Gasteiger partial charge in [0.2, 0.25) is 0 Å². The molecule has 5 heteroatoms. The molecule has 92 valence electrons. The van der Waals surface area contributed by atoms with Crippen molar-refractivity contribution in [3.63, 3.8) is 0 Å². The van der Waals surface area contributed by atoms with Crippen LogP contribution < -0.4 is 5.32 Å². The van der Waals surface area contributed by atoms with Gasteiger partial charge in [-0.3, -0.25) is 0 Å². The van der Waals surface area contributed by atoms with Gasteiger partial charge >= 0.3 is 0 Å². The third-order valence-electron chi connectivity index (χ3n) is 2.44. The van der Waals surface area contributed by atoms with E-state index in [2.05, 4.69) is 16.4 Å². The molecule has 1 aromatic carbocycles. The molecule has 0 fully saturated rings. The third-order valence-corrected chi connectivity index (χ3v) is 3.76. The molecular weight excluding hydrogens is 266 g/mol. The van der Waals surface area contributed by atoms with Gasteiger partial charge in [0.1, 0.15) is 5.01 Å². The van der Waals surface area contributed by atoms with E-state index < -0.39 is 0 Å². The highest BCUT2D eigenvalue weighted by molar-refractivity contribution is 7.09. The average Bonchev–Trinajstić information content (AvgIpc) is 2.77. The molecule has 0 aliphatic carbocycles. The van der Waals surface area contributed by atoms with Crippen LogP contribution in [-0.4, -0.2) is 4.98 Å². The minimum absolute atomic E-state index is 0.583. The van der Waals surface area contributed by atoms with Crippen molar-refractivity contribution in [1.29, 1.82) is 5.26 Å². The molecule has 0 spiro atoms. The van der Waals surface area contributed by atoms with Crippen LogP contribution in [0.15, 0.2) is 23.6 Å². The molecular formula is C13H12ClN3S. The Hall–Kier alpha value is -1.41. The van der Waals surface area contributed by atoms with Crippen LogP contribution in [0.2, 0.25) is 5.02 Å². The van der Waals surface area contributed by atoms with E-state index in [9.17, 15) is 0 Å². The lowest BCUT2D eigenvalue weighted by molar-refractivity contribution is 0.689. The predicted octanol–water partition coefficient (Wildman–Crippen LogP) is 3.27. The Morgan fingerprint density at radius 3 is 2.89 bits per heavy atom. The van der Waals surface area contributed by atoms with Crippen LogP contribution in [-0.2, 0) is 13.1 Å². The SMILES string of the molecule is Cc1csc(CNCc2ccc(C#N)cc2Cl)n1. The summed E-state index contributed by atoms with van der Waals surface area (Å²) in [7, 11) is 0.